The van der Waals surface area contributed by atoms with E-state index in [1.807, 2.05) is 4.90 Å². The first kappa shape index (κ1) is 21.7. The number of aromatic nitrogens is 2. The average Bonchev–Trinajstić information content (AvgIpc) is 3.64. The van der Waals surface area contributed by atoms with Crippen LogP contribution in [0.3, 0.4) is 0 Å². The van der Waals surface area contributed by atoms with E-state index in [2.05, 4.69) is 15.5 Å². The molecule has 1 N–H and O–H groups in total. The molecule has 174 valence electrons. The maximum Gasteiger partial charge on any atom is 0.352 e. The van der Waals surface area contributed by atoms with Crippen molar-refractivity contribution < 1.29 is 18.4 Å². The lowest BCUT2D eigenvalue weighted by Crippen LogP contribution is -2.48. The second-order valence-corrected chi connectivity index (χ2v) is 9.10. The summed E-state index contributed by atoms with van der Waals surface area (Å²) in [5.41, 5.74) is 0.365. The Hall–Kier alpha value is -3.10. The van der Waals surface area contributed by atoms with E-state index in [4.69, 9.17) is 0 Å². The van der Waals surface area contributed by atoms with Crippen LogP contribution in [0.2, 0.25) is 0 Å². The molecule has 33 heavy (non-hydrogen) atoms. The average molecular weight is 456 g/mol. The molecule has 2 aromatic rings. The van der Waals surface area contributed by atoms with Crippen LogP contribution in [0, 0.1) is 5.92 Å². The molecule has 1 saturated heterocycles. The van der Waals surface area contributed by atoms with Crippen molar-refractivity contribution in [2.24, 2.45) is 5.92 Å². The molecule has 1 aromatic heterocycles. The molecule has 3 heterocycles. The molecular weight excluding hydrogens is 428 g/mol. The third kappa shape index (κ3) is 4.28. The van der Waals surface area contributed by atoms with Gasteiger partial charge in [-0.05, 0) is 49.8 Å². The van der Waals surface area contributed by atoms with Gasteiger partial charge in [0.05, 0.1) is 11.3 Å². The van der Waals surface area contributed by atoms with Crippen LogP contribution < -0.4 is 15.1 Å². The van der Waals surface area contributed by atoms with Crippen LogP contribution in [0.15, 0.2) is 36.4 Å². The Morgan fingerprint density at radius 3 is 2.52 bits per heavy atom. The van der Waals surface area contributed by atoms with Crippen molar-refractivity contribution in [3.8, 4) is 0 Å². The number of hydrogen-bond acceptors (Lipinski definition) is 5. The summed E-state index contributed by atoms with van der Waals surface area (Å²) in [6, 6.07) is 9.24. The molecule has 1 aliphatic carbocycles. The Bertz CT molecular complexity index is 1030. The second kappa shape index (κ2) is 8.68. The molecule has 0 unspecified atom stereocenters. The quantitative estimate of drug-likeness (QED) is 0.647. The Kier molecular flexibility index (Phi) is 5.72. The van der Waals surface area contributed by atoms with E-state index in [0.29, 0.717) is 44.0 Å². The highest BCUT2D eigenvalue weighted by Crippen LogP contribution is 2.46. The number of hydrogen-bond donors (Lipinski definition) is 1. The monoisotopic (exact) mass is 455 g/mol. The summed E-state index contributed by atoms with van der Waals surface area (Å²) in [5, 5.41) is 11.2. The fraction of sp³-hybridized carbons (Fsp3) is 0.500. The minimum absolute atomic E-state index is 0.218. The van der Waals surface area contributed by atoms with Crippen LogP contribution in [0.25, 0.3) is 0 Å². The number of benzene rings is 1. The van der Waals surface area contributed by atoms with E-state index >= 15 is 0 Å². The summed E-state index contributed by atoms with van der Waals surface area (Å²) in [5.74, 6) is -3.37. The lowest BCUT2D eigenvalue weighted by atomic mass is 10.0. The molecule has 0 atom stereocenters. The fourth-order valence-electron chi connectivity index (χ4n) is 4.75. The number of nitrogens with zero attached hydrogens (tertiary/aromatic N) is 4. The number of piperidine rings is 1. The number of anilines is 2. The molecule has 0 bridgehead atoms. The normalized spacial score (nSPS) is 20.1. The van der Waals surface area contributed by atoms with Gasteiger partial charge in [-0.2, -0.15) is 8.78 Å². The van der Waals surface area contributed by atoms with Gasteiger partial charge in [0.2, 0.25) is 0 Å². The maximum absolute atomic E-state index is 14.5. The molecule has 7 nitrogen and oxygen atoms in total. The van der Waals surface area contributed by atoms with Crippen LogP contribution in [0.1, 0.15) is 54.6 Å². The summed E-state index contributed by atoms with van der Waals surface area (Å²) in [4.78, 5) is 28.0. The Morgan fingerprint density at radius 1 is 1.06 bits per heavy atom. The Labute approximate surface area is 191 Å². The number of nitrogens with one attached hydrogen (secondary N) is 1. The SMILES string of the molecule is O=C(NCCCC1CC1)c1ccc(N2CCC(N3C(=O)C(F)(F)c4ccccc43)CC2)nn1. The van der Waals surface area contributed by atoms with E-state index in [0.717, 1.165) is 18.8 Å². The van der Waals surface area contributed by atoms with Crippen molar-refractivity contribution >= 4 is 23.3 Å². The largest absolute Gasteiger partial charge is 0.355 e. The summed E-state index contributed by atoms with van der Waals surface area (Å²) in [7, 11) is 0. The van der Waals surface area contributed by atoms with Gasteiger partial charge in [-0.1, -0.05) is 31.0 Å². The molecule has 3 aliphatic rings. The third-order valence-electron chi connectivity index (χ3n) is 6.80. The molecule has 2 fully saturated rings. The summed E-state index contributed by atoms with van der Waals surface area (Å²) in [6.07, 6.45) is 5.85. The van der Waals surface area contributed by atoms with Gasteiger partial charge in [0.25, 0.3) is 5.91 Å². The zero-order valence-electron chi connectivity index (χ0n) is 18.3. The van der Waals surface area contributed by atoms with E-state index < -0.39 is 11.8 Å². The molecule has 1 saturated carbocycles. The highest BCUT2D eigenvalue weighted by Gasteiger charge is 2.54. The van der Waals surface area contributed by atoms with Crippen molar-refractivity contribution in [1.29, 1.82) is 0 Å². The van der Waals surface area contributed by atoms with Crippen molar-refractivity contribution in [1.82, 2.24) is 15.5 Å². The van der Waals surface area contributed by atoms with Crippen LogP contribution in [-0.2, 0) is 10.7 Å². The predicted molar refractivity (Wildman–Crippen MR) is 119 cm³/mol. The zero-order valence-corrected chi connectivity index (χ0v) is 18.3. The summed E-state index contributed by atoms with van der Waals surface area (Å²) in [6.45, 7) is 1.76. The summed E-state index contributed by atoms with van der Waals surface area (Å²) >= 11 is 0. The van der Waals surface area contributed by atoms with Gasteiger partial charge in [0.15, 0.2) is 11.5 Å². The van der Waals surface area contributed by atoms with Gasteiger partial charge in [-0.3, -0.25) is 9.59 Å². The summed E-state index contributed by atoms with van der Waals surface area (Å²) < 4.78 is 28.9. The van der Waals surface area contributed by atoms with Crippen LogP contribution in [0.5, 0.6) is 0 Å². The molecule has 0 spiro atoms. The van der Waals surface area contributed by atoms with E-state index in [1.165, 1.54) is 29.9 Å². The van der Waals surface area contributed by atoms with Crippen molar-refractivity contribution in [2.75, 3.05) is 29.4 Å². The highest BCUT2D eigenvalue weighted by atomic mass is 19.3. The second-order valence-electron chi connectivity index (χ2n) is 9.10. The molecule has 9 heteroatoms. The number of para-hydroxylation sites is 1. The number of fused-ring (bicyclic) bond motifs is 1. The van der Waals surface area contributed by atoms with Gasteiger partial charge in [-0.25, -0.2) is 0 Å². The van der Waals surface area contributed by atoms with E-state index in [-0.39, 0.29) is 23.2 Å². The van der Waals surface area contributed by atoms with Gasteiger partial charge < -0.3 is 15.1 Å². The first-order valence-electron chi connectivity index (χ1n) is 11.6. The standard InChI is InChI=1S/C24H27F2N5O2/c25-24(26)18-5-1-2-6-20(18)31(23(24)33)17-11-14-30(15-12-17)21-10-9-19(28-29-21)22(32)27-13-3-4-16-7-8-16/h1-2,5-6,9-10,16-17H,3-4,7-8,11-15H2,(H,27,32). The predicted octanol–water partition coefficient (Wildman–Crippen LogP) is 3.50. The van der Waals surface area contributed by atoms with E-state index in [1.54, 1.807) is 24.3 Å². The molecule has 5 rings (SSSR count). The van der Waals surface area contributed by atoms with Gasteiger partial charge in [0, 0.05) is 25.7 Å². The van der Waals surface area contributed by atoms with Gasteiger partial charge in [0.1, 0.15) is 0 Å². The molecular formula is C24H27F2N5O2. The Morgan fingerprint density at radius 2 is 1.82 bits per heavy atom. The van der Waals surface area contributed by atoms with Crippen molar-refractivity contribution in [3.05, 3.63) is 47.7 Å². The molecule has 2 amide bonds. The molecule has 0 radical (unpaired) electrons. The fourth-order valence-corrected chi connectivity index (χ4v) is 4.75. The smallest absolute Gasteiger partial charge is 0.352 e. The molecule has 1 aromatic carbocycles. The van der Waals surface area contributed by atoms with Crippen molar-refractivity contribution in [2.45, 2.75) is 50.5 Å². The first-order chi connectivity index (χ1) is 15.9. The number of amides is 2. The third-order valence-corrected chi connectivity index (χ3v) is 6.80. The Balaban J connectivity index is 1.17. The number of carbonyl (C=O) groups is 2. The van der Waals surface area contributed by atoms with Crippen LogP contribution in [-0.4, -0.2) is 47.7 Å². The first-order valence-corrected chi connectivity index (χ1v) is 11.6. The minimum Gasteiger partial charge on any atom is -0.355 e. The van der Waals surface area contributed by atoms with E-state index in [9.17, 15) is 18.4 Å². The van der Waals surface area contributed by atoms with Crippen LogP contribution in [0.4, 0.5) is 20.3 Å². The van der Waals surface area contributed by atoms with Crippen molar-refractivity contribution in [3.63, 3.8) is 0 Å². The number of carbonyl (C=O) groups excluding carboxylic acids is 2. The lowest BCUT2D eigenvalue weighted by molar-refractivity contribution is -0.142. The molecule has 2 aliphatic heterocycles. The van der Waals surface area contributed by atoms with Gasteiger partial charge in [-0.15, -0.1) is 10.2 Å². The highest BCUT2D eigenvalue weighted by molar-refractivity contribution is 6.06. The number of alkyl halides is 2. The number of rotatable bonds is 7. The zero-order chi connectivity index (χ0) is 23.0. The van der Waals surface area contributed by atoms with Crippen LogP contribution >= 0.6 is 0 Å². The number of halogens is 2. The topological polar surface area (TPSA) is 78.4 Å². The van der Waals surface area contributed by atoms with Gasteiger partial charge >= 0.3 is 11.8 Å². The minimum atomic E-state index is -3.48. The maximum atomic E-state index is 14.5. The lowest BCUT2D eigenvalue weighted by Gasteiger charge is -2.37.